The second-order valence-corrected chi connectivity index (χ2v) is 8.43. The Bertz CT molecular complexity index is 882. The Balaban J connectivity index is 1.73. The molecule has 0 radical (unpaired) electrons. The molecule has 4 nitrogen and oxygen atoms in total. The third-order valence-electron chi connectivity index (χ3n) is 4.35. The van der Waals surface area contributed by atoms with E-state index < -0.39 is 0 Å². The molecule has 0 spiro atoms. The predicted molar refractivity (Wildman–Crippen MR) is 117 cm³/mol. The molecule has 1 atom stereocenters. The van der Waals surface area contributed by atoms with E-state index >= 15 is 0 Å². The summed E-state index contributed by atoms with van der Waals surface area (Å²) >= 11 is 3.22. The Morgan fingerprint density at radius 3 is 2.59 bits per heavy atom. The van der Waals surface area contributed by atoms with Crippen LogP contribution in [0.1, 0.15) is 31.4 Å². The molecular formula is C21H20INO3S. The van der Waals surface area contributed by atoms with Gasteiger partial charge in [0, 0.05) is 6.04 Å². The van der Waals surface area contributed by atoms with Crippen LogP contribution in [0.5, 0.6) is 5.75 Å². The molecule has 0 aliphatic carbocycles. The lowest BCUT2D eigenvalue weighted by molar-refractivity contribution is -0.124. The van der Waals surface area contributed by atoms with Crippen molar-refractivity contribution in [1.29, 1.82) is 0 Å². The van der Waals surface area contributed by atoms with E-state index in [1.165, 1.54) is 4.90 Å². The Morgan fingerprint density at radius 2 is 1.93 bits per heavy atom. The van der Waals surface area contributed by atoms with Gasteiger partial charge in [-0.25, -0.2) is 0 Å². The van der Waals surface area contributed by atoms with Crippen LogP contribution in [0.2, 0.25) is 0 Å². The van der Waals surface area contributed by atoms with Crippen LogP contribution in [0.4, 0.5) is 4.79 Å². The van der Waals surface area contributed by atoms with Gasteiger partial charge in [-0.3, -0.25) is 14.5 Å². The molecule has 1 aliphatic heterocycles. The predicted octanol–water partition coefficient (Wildman–Crippen LogP) is 5.71. The maximum Gasteiger partial charge on any atom is 0.293 e. The van der Waals surface area contributed by atoms with Crippen molar-refractivity contribution in [2.45, 2.75) is 32.9 Å². The summed E-state index contributed by atoms with van der Waals surface area (Å²) in [5.74, 6) is 0.586. The maximum absolute atomic E-state index is 12.5. The SMILES string of the molecule is CC[C@@H](C)N1C(=O)S/C(=C/c2ccc(OCc3ccccc3)c(I)c2)C1=O. The smallest absolute Gasteiger partial charge is 0.293 e. The van der Waals surface area contributed by atoms with Crippen LogP contribution in [-0.2, 0) is 11.4 Å². The fourth-order valence-electron chi connectivity index (χ4n) is 2.65. The van der Waals surface area contributed by atoms with Gasteiger partial charge < -0.3 is 4.74 Å². The van der Waals surface area contributed by atoms with Crippen molar-refractivity contribution in [3.05, 3.63) is 68.1 Å². The van der Waals surface area contributed by atoms with E-state index in [2.05, 4.69) is 22.6 Å². The summed E-state index contributed by atoms with van der Waals surface area (Å²) in [7, 11) is 0. The molecule has 140 valence electrons. The van der Waals surface area contributed by atoms with Gasteiger partial charge in [0.1, 0.15) is 12.4 Å². The van der Waals surface area contributed by atoms with Crippen molar-refractivity contribution in [3.8, 4) is 5.75 Å². The first-order chi connectivity index (χ1) is 13.0. The fraction of sp³-hybridized carbons (Fsp3) is 0.238. The number of amides is 2. The van der Waals surface area contributed by atoms with Gasteiger partial charge in [0.2, 0.25) is 0 Å². The molecule has 0 bridgehead atoms. The quantitative estimate of drug-likeness (QED) is 0.383. The van der Waals surface area contributed by atoms with Crippen LogP contribution in [0.15, 0.2) is 53.4 Å². The lowest BCUT2D eigenvalue weighted by Crippen LogP contribution is -2.36. The van der Waals surface area contributed by atoms with Crippen LogP contribution >= 0.6 is 34.4 Å². The van der Waals surface area contributed by atoms with Gasteiger partial charge in [0.15, 0.2) is 0 Å². The number of carbonyl (C=O) groups excluding carboxylic acids is 2. The molecule has 2 amide bonds. The van der Waals surface area contributed by atoms with Crippen molar-refractivity contribution in [2.75, 3.05) is 0 Å². The molecule has 1 heterocycles. The van der Waals surface area contributed by atoms with Crippen LogP contribution in [0.25, 0.3) is 6.08 Å². The van der Waals surface area contributed by atoms with Crippen molar-refractivity contribution in [2.24, 2.45) is 0 Å². The topological polar surface area (TPSA) is 46.6 Å². The zero-order chi connectivity index (χ0) is 19.4. The summed E-state index contributed by atoms with van der Waals surface area (Å²) in [4.78, 5) is 26.5. The molecule has 27 heavy (non-hydrogen) atoms. The molecule has 3 rings (SSSR count). The average molecular weight is 493 g/mol. The van der Waals surface area contributed by atoms with Crippen LogP contribution in [0.3, 0.4) is 0 Å². The highest BCUT2D eigenvalue weighted by molar-refractivity contribution is 14.1. The van der Waals surface area contributed by atoms with E-state index in [0.29, 0.717) is 11.5 Å². The number of hydrogen-bond donors (Lipinski definition) is 0. The minimum atomic E-state index is -0.209. The lowest BCUT2D eigenvalue weighted by atomic mass is 10.2. The number of nitrogens with zero attached hydrogens (tertiary/aromatic N) is 1. The van der Waals surface area contributed by atoms with Crippen molar-refractivity contribution in [3.63, 3.8) is 0 Å². The number of ether oxygens (including phenoxy) is 1. The Kier molecular flexibility index (Phi) is 6.59. The Morgan fingerprint density at radius 1 is 1.19 bits per heavy atom. The van der Waals surface area contributed by atoms with Gasteiger partial charge in [-0.05, 0) is 77.0 Å². The minimum Gasteiger partial charge on any atom is -0.488 e. The number of hydrogen-bond acceptors (Lipinski definition) is 4. The lowest BCUT2D eigenvalue weighted by Gasteiger charge is -2.19. The van der Waals surface area contributed by atoms with Gasteiger partial charge in [-0.2, -0.15) is 0 Å². The molecule has 0 aromatic heterocycles. The molecule has 0 saturated carbocycles. The molecule has 2 aromatic carbocycles. The monoisotopic (exact) mass is 493 g/mol. The number of imide groups is 1. The van der Waals surface area contributed by atoms with Gasteiger partial charge >= 0.3 is 0 Å². The summed E-state index contributed by atoms with van der Waals surface area (Å²) in [6, 6.07) is 15.7. The fourth-order valence-corrected chi connectivity index (χ4v) is 4.28. The number of carbonyl (C=O) groups is 2. The molecule has 0 N–H and O–H groups in total. The number of halogens is 1. The first-order valence-electron chi connectivity index (χ1n) is 8.73. The minimum absolute atomic E-state index is 0.0858. The zero-order valence-electron chi connectivity index (χ0n) is 15.1. The van der Waals surface area contributed by atoms with Crippen molar-refractivity contribution < 1.29 is 14.3 Å². The Hall–Kier alpha value is -1.80. The zero-order valence-corrected chi connectivity index (χ0v) is 18.1. The van der Waals surface area contributed by atoms with Crippen molar-refractivity contribution in [1.82, 2.24) is 4.90 Å². The van der Waals surface area contributed by atoms with E-state index in [0.717, 1.165) is 38.6 Å². The molecule has 1 aliphatic rings. The average Bonchev–Trinajstić information content (AvgIpc) is 2.94. The van der Waals surface area contributed by atoms with E-state index in [9.17, 15) is 9.59 Å². The second-order valence-electron chi connectivity index (χ2n) is 6.27. The molecular weight excluding hydrogens is 473 g/mol. The number of thioether (sulfide) groups is 1. The van der Waals surface area contributed by atoms with Crippen LogP contribution < -0.4 is 4.74 Å². The third-order valence-corrected chi connectivity index (χ3v) is 6.07. The Labute approximate surface area is 177 Å². The standard InChI is InChI=1S/C21H20INO3S/c1-3-14(2)23-20(24)19(27-21(23)25)12-16-9-10-18(17(22)11-16)26-13-15-7-5-4-6-8-15/h4-12,14H,3,13H2,1-2H3/b19-12+/t14-/m1/s1. The van der Waals surface area contributed by atoms with Crippen molar-refractivity contribution >= 4 is 51.6 Å². The summed E-state index contributed by atoms with van der Waals surface area (Å²) in [6.07, 6.45) is 2.52. The highest BCUT2D eigenvalue weighted by atomic mass is 127. The largest absolute Gasteiger partial charge is 0.488 e. The molecule has 6 heteroatoms. The van der Waals surface area contributed by atoms with E-state index in [-0.39, 0.29) is 17.2 Å². The summed E-state index contributed by atoms with van der Waals surface area (Å²) < 4.78 is 6.84. The molecule has 2 aromatic rings. The maximum atomic E-state index is 12.5. The summed E-state index contributed by atoms with van der Waals surface area (Å²) in [6.45, 7) is 4.36. The van der Waals surface area contributed by atoms with E-state index in [1.54, 1.807) is 6.08 Å². The first kappa shape index (κ1) is 19.9. The first-order valence-corrected chi connectivity index (χ1v) is 10.6. The summed E-state index contributed by atoms with van der Waals surface area (Å²) in [5.41, 5.74) is 1.98. The molecule has 1 saturated heterocycles. The van der Waals surface area contributed by atoms with Gasteiger partial charge in [0.25, 0.3) is 11.1 Å². The molecule has 1 fully saturated rings. The van der Waals surface area contributed by atoms with Crippen LogP contribution in [-0.4, -0.2) is 22.1 Å². The third kappa shape index (κ3) is 4.73. The van der Waals surface area contributed by atoms with Crippen LogP contribution in [0, 0.1) is 3.57 Å². The van der Waals surface area contributed by atoms with Gasteiger partial charge in [0.05, 0.1) is 8.48 Å². The highest BCUT2D eigenvalue weighted by Gasteiger charge is 2.37. The highest BCUT2D eigenvalue weighted by Crippen LogP contribution is 2.34. The summed E-state index contributed by atoms with van der Waals surface area (Å²) in [5, 5.41) is -0.196. The second kappa shape index (κ2) is 8.93. The van der Waals surface area contributed by atoms with E-state index in [1.807, 2.05) is 62.4 Å². The number of rotatable bonds is 6. The normalized spacial score (nSPS) is 16.9. The van der Waals surface area contributed by atoms with Gasteiger partial charge in [-0.15, -0.1) is 0 Å². The van der Waals surface area contributed by atoms with Gasteiger partial charge in [-0.1, -0.05) is 43.3 Å². The number of benzene rings is 2. The molecule has 0 unspecified atom stereocenters. The van der Waals surface area contributed by atoms with E-state index in [4.69, 9.17) is 4.74 Å².